The molecule has 1 saturated heterocycles. The molecule has 2 amide bonds. The van der Waals surface area contributed by atoms with Crippen molar-refractivity contribution in [3.05, 3.63) is 29.8 Å². The second-order valence-corrected chi connectivity index (χ2v) is 7.67. The van der Waals surface area contributed by atoms with E-state index in [-0.39, 0.29) is 12.0 Å². The zero-order valence-corrected chi connectivity index (χ0v) is 15.3. The maximum Gasteiger partial charge on any atom is 0.410 e. The summed E-state index contributed by atoms with van der Waals surface area (Å²) in [5.74, 6) is 0.135. The van der Waals surface area contributed by atoms with E-state index in [4.69, 9.17) is 4.74 Å². The highest BCUT2D eigenvalue weighted by molar-refractivity contribution is 5.96. The fourth-order valence-electron chi connectivity index (χ4n) is 3.29. The molecule has 2 heterocycles. The Bertz CT molecular complexity index is 646. The third kappa shape index (κ3) is 4.31. The molecule has 0 bridgehead atoms. The maximum atomic E-state index is 12.7. The monoisotopic (exact) mass is 345 g/mol. The predicted molar refractivity (Wildman–Crippen MR) is 96.7 cm³/mol. The van der Waals surface area contributed by atoms with Crippen molar-refractivity contribution in [2.45, 2.75) is 32.8 Å². The van der Waals surface area contributed by atoms with E-state index in [2.05, 4.69) is 11.0 Å². The molecule has 6 nitrogen and oxygen atoms in total. The first kappa shape index (κ1) is 17.7. The molecule has 0 aliphatic carbocycles. The van der Waals surface area contributed by atoms with Crippen molar-refractivity contribution in [1.82, 2.24) is 9.80 Å². The number of nitrogens with zero attached hydrogens (tertiary/aromatic N) is 3. The quantitative estimate of drug-likeness (QED) is 0.824. The lowest BCUT2D eigenvalue weighted by Gasteiger charge is -2.35. The zero-order valence-electron chi connectivity index (χ0n) is 15.3. The molecule has 1 fully saturated rings. The van der Waals surface area contributed by atoms with Crippen LogP contribution in [-0.4, -0.2) is 66.7 Å². The van der Waals surface area contributed by atoms with Gasteiger partial charge in [0.2, 0.25) is 5.91 Å². The second kappa shape index (κ2) is 7.04. The number of anilines is 1. The molecule has 6 heteroatoms. The van der Waals surface area contributed by atoms with E-state index in [0.29, 0.717) is 32.7 Å². The van der Waals surface area contributed by atoms with E-state index >= 15 is 0 Å². The number of hydrogen-bond donors (Lipinski definition) is 0. The number of benzene rings is 1. The van der Waals surface area contributed by atoms with Crippen LogP contribution in [0, 0.1) is 0 Å². The summed E-state index contributed by atoms with van der Waals surface area (Å²) in [5, 5.41) is 0. The summed E-state index contributed by atoms with van der Waals surface area (Å²) in [5.41, 5.74) is 1.80. The Hall–Kier alpha value is -2.08. The fraction of sp³-hybridized carbons (Fsp3) is 0.579. The van der Waals surface area contributed by atoms with Crippen LogP contribution in [0.5, 0.6) is 0 Å². The lowest BCUT2D eigenvalue weighted by Crippen LogP contribution is -2.52. The molecular formula is C19H27N3O3. The molecule has 0 atom stereocenters. The Morgan fingerprint density at radius 1 is 1.04 bits per heavy atom. The van der Waals surface area contributed by atoms with Gasteiger partial charge in [-0.3, -0.25) is 9.69 Å². The van der Waals surface area contributed by atoms with Crippen LogP contribution in [0.3, 0.4) is 0 Å². The van der Waals surface area contributed by atoms with E-state index in [1.54, 1.807) is 4.90 Å². The van der Waals surface area contributed by atoms with E-state index in [0.717, 1.165) is 18.7 Å². The smallest absolute Gasteiger partial charge is 0.410 e. The van der Waals surface area contributed by atoms with E-state index in [1.165, 1.54) is 5.56 Å². The van der Waals surface area contributed by atoms with Crippen LogP contribution in [0.4, 0.5) is 10.5 Å². The lowest BCUT2D eigenvalue weighted by atomic mass is 10.2. The molecule has 0 spiro atoms. The van der Waals surface area contributed by atoms with Crippen LogP contribution in [0.1, 0.15) is 26.3 Å². The third-order valence-electron chi connectivity index (χ3n) is 4.57. The Balaban J connectivity index is 1.50. The Labute approximate surface area is 149 Å². The summed E-state index contributed by atoms with van der Waals surface area (Å²) in [4.78, 5) is 30.5. The number of ether oxygens (including phenoxy) is 1. The van der Waals surface area contributed by atoms with Gasteiger partial charge < -0.3 is 14.5 Å². The molecule has 3 rings (SSSR count). The summed E-state index contributed by atoms with van der Waals surface area (Å²) in [6.45, 7) is 9.35. The van der Waals surface area contributed by atoms with Gasteiger partial charge in [-0.25, -0.2) is 4.79 Å². The molecule has 0 saturated carbocycles. The average molecular weight is 345 g/mol. The van der Waals surface area contributed by atoms with Crippen molar-refractivity contribution in [2.75, 3.05) is 44.2 Å². The number of carbonyl (C=O) groups is 2. The summed E-state index contributed by atoms with van der Waals surface area (Å²) >= 11 is 0. The number of amides is 2. The number of fused-ring (bicyclic) bond motifs is 1. The van der Waals surface area contributed by atoms with Crippen LogP contribution in [-0.2, 0) is 16.0 Å². The van der Waals surface area contributed by atoms with Crippen LogP contribution < -0.4 is 4.90 Å². The molecule has 136 valence electrons. The van der Waals surface area contributed by atoms with Gasteiger partial charge in [0, 0.05) is 38.4 Å². The molecule has 1 aromatic carbocycles. The zero-order chi connectivity index (χ0) is 18.0. The minimum atomic E-state index is -0.479. The highest BCUT2D eigenvalue weighted by atomic mass is 16.6. The Morgan fingerprint density at radius 3 is 2.40 bits per heavy atom. The van der Waals surface area contributed by atoms with Gasteiger partial charge in [0.25, 0.3) is 0 Å². The van der Waals surface area contributed by atoms with Crippen LogP contribution in [0.15, 0.2) is 24.3 Å². The van der Waals surface area contributed by atoms with Gasteiger partial charge in [0.05, 0.1) is 6.54 Å². The summed E-state index contributed by atoms with van der Waals surface area (Å²) in [6, 6.07) is 8.09. The Kier molecular flexibility index (Phi) is 4.99. The highest BCUT2D eigenvalue weighted by Gasteiger charge is 2.29. The van der Waals surface area contributed by atoms with E-state index in [9.17, 15) is 9.59 Å². The van der Waals surface area contributed by atoms with Crippen LogP contribution in [0.25, 0.3) is 0 Å². The topological polar surface area (TPSA) is 53.1 Å². The van der Waals surface area contributed by atoms with Crippen molar-refractivity contribution in [2.24, 2.45) is 0 Å². The fourth-order valence-corrected chi connectivity index (χ4v) is 3.29. The van der Waals surface area contributed by atoms with Gasteiger partial charge in [0.1, 0.15) is 5.60 Å². The van der Waals surface area contributed by atoms with E-state index < -0.39 is 5.60 Å². The largest absolute Gasteiger partial charge is 0.444 e. The SMILES string of the molecule is CC(C)(C)OC(=O)N1CCN(CC(=O)N2CCc3ccccc32)CC1. The molecule has 2 aliphatic rings. The van der Waals surface area contributed by atoms with Crippen molar-refractivity contribution >= 4 is 17.7 Å². The summed E-state index contributed by atoms with van der Waals surface area (Å²) < 4.78 is 5.41. The number of piperazine rings is 1. The molecule has 0 radical (unpaired) electrons. The first-order valence-corrected chi connectivity index (χ1v) is 8.92. The minimum Gasteiger partial charge on any atom is -0.444 e. The van der Waals surface area contributed by atoms with E-state index in [1.807, 2.05) is 43.9 Å². The van der Waals surface area contributed by atoms with Gasteiger partial charge in [-0.15, -0.1) is 0 Å². The number of carbonyl (C=O) groups excluding carboxylic acids is 2. The predicted octanol–water partition coefficient (Wildman–Crippen LogP) is 2.13. The van der Waals surface area contributed by atoms with Gasteiger partial charge in [-0.05, 0) is 38.8 Å². The van der Waals surface area contributed by atoms with Crippen molar-refractivity contribution in [1.29, 1.82) is 0 Å². The first-order valence-electron chi connectivity index (χ1n) is 8.92. The molecule has 1 aromatic rings. The molecular weight excluding hydrogens is 318 g/mol. The second-order valence-electron chi connectivity index (χ2n) is 7.67. The number of para-hydroxylation sites is 1. The van der Waals surface area contributed by atoms with Crippen molar-refractivity contribution in [3.8, 4) is 0 Å². The van der Waals surface area contributed by atoms with Gasteiger partial charge in [-0.2, -0.15) is 0 Å². The maximum absolute atomic E-state index is 12.7. The standard InChI is InChI=1S/C19H27N3O3/c1-19(2,3)25-18(24)21-12-10-20(11-13-21)14-17(23)22-9-8-15-6-4-5-7-16(15)22/h4-7H,8-14H2,1-3H3. The third-order valence-corrected chi connectivity index (χ3v) is 4.57. The average Bonchev–Trinajstić information content (AvgIpc) is 2.98. The molecule has 0 unspecified atom stereocenters. The number of rotatable bonds is 2. The molecule has 0 N–H and O–H groups in total. The Morgan fingerprint density at radius 2 is 1.72 bits per heavy atom. The van der Waals surface area contributed by atoms with Crippen molar-refractivity contribution in [3.63, 3.8) is 0 Å². The molecule has 25 heavy (non-hydrogen) atoms. The molecule has 2 aliphatic heterocycles. The highest BCUT2D eigenvalue weighted by Crippen LogP contribution is 2.27. The normalized spacial score (nSPS) is 18.2. The van der Waals surface area contributed by atoms with Gasteiger partial charge in [0.15, 0.2) is 0 Å². The van der Waals surface area contributed by atoms with Gasteiger partial charge in [-0.1, -0.05) is 18.2 Å². The van der Waals surface area contributed by atoms with Crippen LogP contribution >= 0.6 is 0 Å². The van der Waals surface area contributed by atoms with Crippen molar-refractivity contribution < 1.29 is 14.3 Å². The number of hydrogen-bond acceptors (Lipinski definition) is 4. The summed E-state index contributed by atoms with van der Waals surface area (Å²) in [6.07, 6.45) is 0.654. The molecule has 0 aromatic heterocycles. The lowest BCUT2D eigenvalue weighted by molar-refractivity contribution is -0.120. The van der Waals surface area contributed by atoms with Crippen LogP contribution in [0.2, 0.25) is 0 Å². The first-order chi connectivity index (χ1) is 11.8. The summed E-state index contributed by atoms with van der Waals surface area (Å²) in [7, 11) is 0. The van der Waals surface area contributed by atoms with Gasteiger partial charge >= 0.3 is 6.09 Å². The minimum absolute atomic E-state index is 0.135.